The van der Waals surface area contributed by atoms with E-state index in [4.69, 9.17) is 28.5 Å². The zero-order valence-electron chi connectivity index (χ0n) is 42.0. The monoisotopic (exact) mass is 1030 g/mol. The Labute approximate surface area is 425 Å². The third-order valence-corrected chi connectivity index (χ3v) is 15.7. The van der Waals surface area contributed by atoms with Crippen LogP contribution < -0.4 is 16.2 Å². The fourth-order valence-corrected chi connectivity index (χ4v) is 10.9. The number of fused-ring (bicyclic) bond motifs is 1. The first kappa shape index (κ1) is 51.6. The van der Waals surface area contributed by atoms with Crippen LogP contribution in [-0.2, 0) is 46.1 Å². The number of nitrogens with one attached hydrogen (secondary N) is 2. The molecule has 2 fully saturated rings. The molecule has 2 aliphatic heterocycles. The van der Waals surface area contributed by atoms with Crippen LogP contribution in [0.25, 0.3) is 22.2 Å². The molecule has 5 heterocycles. The number of nitrogens with zero attached hydrogens (tertiary/aromatic N) is 4. The van der Waals surface area contributed by atoms with Gasteiger partial charge in [0, 0.05) is 60.8 Å². The van der Waals surface area contributed by atoms with Crippen molar-refractivity contribution in [1.82, 2.24) is 30.3 Å². The Morgan fingerprint density at radius 1 is 0.971 bits per heavy atom. The Bertz CT molecular complexity index is 2710. The third-order valence-electron chi connectivity index (χ3n) is 14.0. The SMILES string of the molecule is CCn1c(-c2cccnc2C(C)OC)c(CC(C)(C)COC(=O)[C@@H]2CCCN(C(=O)C(NC(c3ccccc3)c3ccccc3)C(OC)c3nc(Br)cs3)N2)c2cc(B3OC(C)(C)C(C)(C)O3)ccc21. The Kier molecular flexibility index (Phi) is 15.9. The minimum absolute atomic E-state index is 0.131. The quantitative estimate of drug-likeness (QED) is 0.0629. The van der Waals surface area contributed by atoms with E-state index in [-0.39, 0.29) is 24.7 Å². The van der Waals surface area contributed by atoms with Gasteiger partial charge in [-0.25, -0.2) is 10.4 Å². The van der Waals surface area contributed by atoms with E-state index in [1.165, 1.54) is 11.3 Å². The highest BCUT2D eigenvalue weighted by Gasteiger charge is 2.52. The molecule has 70 heavy (non-hydrogen) atoms. The first-order valence-electron chi connectivity index (χ1n) is 24.2. The van der Waals surface area contributed by atoms with E-state index in [1.807, 2.05) is 79.0 Å². The molecule has 8 rings (SSSR count). The van der Waals surface area contributed by atoms with Crippen molar-refractivity contribution < 1.29 is 33.1 Å². The molecule has 0 bridgehead atoms. The summed E-state index contributed by atoms with van der Waals surface area (Å²) in [6, 6.07) is 28.6. The summed E-state index contributed by atoms with van der Waals surface area (Å²) in [5.74, 6) is -0.693. The summed E-state index contributed by atoms with van der Waals surface area (Å²) < 4.78 is 34.3. The first-order chi connectivity index (χ1) is 33.5. The number of halogens is 1. The second-order valence-corrected chi connectivity index (χ2v) is 21.8. The fourth-order valence-electron chi connectivity index (χ4n) is 9.54. The summed E-state index contributed by atoms with van der Waals surface area (Å²) >= 11 is 4.91. The maximum atomic E-state index is 15.0. The van der Waals surface area contributed by atoms with Gasteiger partial charge in [-0.1, -0.05) is 86.6 Å². The second kappa shape index (κ2) is 21.5. The van der Waals surface area contributed by atoms with E-state index in [2.05, 4.69) is 109 Å². The number of methoxy groups -OCH3 is 2. The molecule has 3 unspecified atom stereocenters. The summed E-state index contributed by atoms with van der Waals surface area (Å²) in [6.45, 7) is 17.9. The van der Waals surface area contributed by atoms with Gasteiger partial charge in [-0.05, 0) is 117 Å². The highest BCUT2D eigenvalue weighted by Crippen LogP contribution is 2.42. The Balaban J connectivity index is 1.06. The Morgan fingerprint density at radius 2 is 1.64 bits per heavy atom. The van der Waals surface area contributed by atoms with Crippen LogP contribution in [0.4, 0.5) is 0 Å². The lowest BCUT2D eigenvalue weighted by Gasteiger charge is -2.38. The van der Waals surface area contributed by atoms with Crippen LogP contribution in [0.2, 0.25) is 0 Å². The number of carbonyl (C=O) groups is 2. The van der Waals surface area contributed by atoms with Crippen LogP contribution in [0, 0.1) is 5.41 Å². The molecule has 0 radical (unpaired) electrons. The standard InChI is InChI=1S/C54H66BBrN6O7S/c1-11-61-42-27-26-37(55-68-53(5,6)54(7,8)69-55)30-39(42)40(47(61)38-24-18-28-57-44(38)34(2)65-9)31-52(3,4)33-67-51(64)41-25-19-29-62(60-41)50(63)46(48(66-10)49-58-43(56)32-70-49)59-45(35-20-14-12-15-21-35)36-22-16-13-17-23-36/h12-18,20-24,26-28,30,32,34,41,45-46,48,59-60H,11,19,25,29,31,33H2,1-10H3/t34?,41-,46?,48?/m0/s1. The smallest absolute Gasteiger partial charge is 0.464 e. The van der Waals surface area contributed by atoms with Crippen molar-refractivity contribution >= 4 is 62.6 Å². The van der Waals surface area contributed by atoms with E-state index < -0.39 is 47.9 Å². The molecule has 1 amide bonds. The van der Waals surface area contributed by atoms with Gasteiger partial charge in [0.1, 0.15) is 27.8 Å². The lowest BCUT2D eigenvalue weighted by molar-refractivity contribution is -0.156. The molecular weight excluding hydrogens is 967 g/mol. The molecule has 13 nitrogen and oxygen atoms in total. The van der Waals surface area contributed by atoms with E-state index in [9.17, 15) is 4.79 Å². The molecule has 2 saturated heterocycles. The van der Waals surface area contributed by atoms with Crippen molar-refractivity contribution in [2.75, 3.05) is 27.4 Å². The summed E-state index contributed by atoms with van der Waals surface area (Å²) in [4.78, 5) is 38.8. The summed E-state index contributed by atoms with van der Waals surface area (Å²) in [6.07, 6.45) is 2.46. The molecule has 0 aliphatic carbocycles. The number of carbonyl (C=O) groups excluding carboxylic acids is 2. The van der Waals surface area contributed by atoms with E-state index in [1.54, 1.807) is 25.4 Å². The van der Waals surface area contributed by atoms with Gasteiger partial charge in [-0.3, -0.25) is 24.9 Å². The molecule has 370 valence electrons. The Morgan fingerprint density at radius 3 is 2.24 bits per heavy atom. The molecule has 4 atom stereocenters. The fraction of sp³-hybridized carbons (Fsp3) is 0.444. The average molecular weight is 1030 g/mol. The van der Waals surface area contributed by atoms with Gasteiger partial charge in [-0.2, -0.15) is 0 Å². The third kappa shape index (κ3) is 10.8. The number of aryl methyl sites for hydroxylation is 1. The number of esters is 1. The van der Waals surface area contributed by atoms with E-state index >= 15 is 4.79 Å². The number of hydrogen-bond acceptors (Lipinski definition) is 12. The number of aromatic nitrogens is 3. The van der Waals surface area contributed by atoms with Crippen molar-refractivity contribution in [2.24, 2.45) is 5.41 Å². The number of hydrogen-bond donors (Lipinski definition) is 2. The van der Waals surface area contributed by atoms with Crippen LogP contribution in [0.15, 0.2) is 107 Å². The van der Waals surface area contributed by atoms with Gasteiger partial charge in [0.25, 0.3) is 5.91 Å². The minimum atomic E-state index is -0.897. The lowest BCUT2D eigenvalue weighted by atomic mass is 9.77. The van der Waals surface area contributed by atoms with Crippen LogP contribution in [0.5, 0.6) is 0 Å². The second-order valence-electron chi connectivity index (χ2n) is 20.1. The molecule has 2 aliphatic rings. The Hall–Kier alpha value is -4.78. The molecule has 0 saturated carbocycles. The number of pyridine rings is 1. The van der Waals surface area contributed by atoms with Gasteiger partial charge in [-0.15, -0.1) is 11.3 Å². The molecule has 3 aromatic carbocycles. The van der Waals surface area contributed by atoms with Crippen LogP contribution in [0.1, 0.15) is 114 Å². The van der Waals surface area contributed by atoms with Crippen molar-refractivity contribution in [3.8, 4) is 11.3 Å². The van der Waals surface area contributed by atoms with Gasteiger partial charge in [0.05, 0.1) is 41.3 Å². The van der Waals surface area contributed by atoms with Crippen LogP contribution in [0.3, 0.4) is 0 Å². The highest BCUT2D eigenvalue weighted by atomic mass is 79.9. The molecule has 16 heteroatoms. The largest absolute Gasteiger partial charge is 0.494 e. The molecule has 2 N–H and O–H groups in total. The van der Waals surface area contributed by atoms with Crippen LogP contribution >= 0.6 is 27.3 Å². The zero-order chi connectivity index (χ0) is 50.0. The van der Waals surface area contributed by atoms with Gasteiger partial charge >= 0.3 is 13.1 Å². The number of rotatable bonds is 18. The summed E-state index contributed by atoms with van der Waals surface area (Å²) in [5, 5.41) is 8.81. The first-order valence-corrected chi connectivity index (χ1v) is 25.9. The zero-order valence-corrected chi connectivity index (χ0v) is 44.4. The van der Waals surface area contributed by atoms with Crippen molar-refractivity contribution in [3.05, 3.63) is 135 Å². The predicted molar refractivity (Wildman–Crippen MR) is 280 cm³/mol. The van der Waals surface area contributed by atoms with E-state index in [0.717, 1.165) is 50.0 Å². The highest BCUT2D eigenvalue weighted by molar-refractivity contribution is 9.10. The van der Waals surface area contributed by atoms with Crippen molar-refractivity contribution in [1.29, 1.82) is 0 Å². The number of amides is 1. The number of hydrazine groups is 1. The normalized spacial score (nSPS) is 18.3. The molecule has 3 aromatic heterocycles. The van der Waals surface area contributed by atoms with E-state index in [0.29, 0.717) is 42.0 Å². The van der Waals surface area contributed by atoms with Crippen molar-refractivity contribution in [3.63, 3.8) is 0 Å². The summed E-state index contributed by atoms with van der Waals surface area (Å²) in [7, 11) is 2.74. The number of benzene rings is 3. The molecule has 0 spiro atoms. The molecular formula is C54H66BBrN6O7S. The average Bonchev–Trinajstić information content (AvgIpc) is 4.00. The van der Waals surface area contributed by atoms with Crippen LogP contribution in [-0.4, -0.2) is 89.2 Å². The predicted octanol–water partition coefficient (Wildman–Crippen LogP) is 9.69. The van der Waals surface area contributed by atoms with Gasteiger partial charge in [0.15, 0.2) is 0 Å². The van der Waals surface area contributed by atoms with Crippen molar-refractivity contribution in [2.45, 2.75) is 123 Å². The number of ether oxygens (including phenoxy) is 3. The maximum Gasteiger partial charge on any atom is 0.494 e. The topological polar surface area (TPSA) is 138 Å². The summed E-state index contributed by atoms with van der Waals surface area (Å²) in [5.41, 5.74) is 9.68. The van der Waals surface area contributed by atoms with Gasteiger partial charge < -0.3 is 28.1 Å². The maximum absolute atomic E-state index is 15.0. The lowest BCUT2D eigenvalue weighted by Crippen LogP contribution is -2.61. The number of thiazole rings is 1. The van der Waals surface area contributed by atoms with Gasteiger partial charge in [0.2, 0.25) is 0 Å². The minimum Gasteiger partial charge on any atom is -0.464 e. The molecule has 6 aromatic rings.